The number of alkyl carbamates (subject to hydrolysis) is 1. The molecule has 27 heavy (non-hydrogen) atoms. The van der Waals surface area contributed by atoms with Crippen LogP contribution in [0.5, 0.6) is 5.75 Å². The van der Waals surface area contributed by atoms with Crippen molar-refractivity contribution in [1.82, 2.24) is 10.8 Å². The SMILES string of the molecule is COc1ccc(COC(=O)N[C@@H]2C(NO)=NC[C@H]2c2ccc(Br)cc2)cc1. The number of amides is 1. The second-order valence-corrected chi connectivity index (χ2v) is 6.96. The number of carbonyl (C=O) groups excluding carboxylic acids is 1. The molecule has 8 heteroatoms. The van der Waals surface area contributed by atoms with Crippen LogP contribution in [0.3, 0.4) is 0 Å². The highest BCUT2D eigenvalue weighted by Crippen LogP contribution is 2.27. The molecule has 1 aliphatic rings. The van der Waals surface area contributed by atoms with Gasteiger partial charge in [0.25, 0.3) is 0 Å². The number of methoxy groups -OCH3 is 1. The van der Waals surface area contributed by atoms with Gasteiger partial charge in [0.05, 0.1) is 13.7 Å². The molecule has 0 bridgehead atoms. The van der Waals surface area contributed by atoms with Crippen LogP contribution in [0.25, 0.3) is 0 Å². The Hall–Kier alpha value is -2.58. The molecule has 2 atom stereocenters. The second-order valence-electron chi connectivity index (χ2n) is 6.04. The van der Waals surface area contributed by atoms with Crippen LogP contribution in [0.15, 0.2) is 58.0 Å². The van der Waals surface area contributed by atoms with Gasteiger partial charge in [-0.05, 0) is 35.4 Å². The number of hydroxylamine groups is 1. The summed E-state index contributed by atoms with van der Waals surface area (Å²) in [7, 11) is 1.59. The third-order valence-corrected chi connectivity index (χ3v) is 4.90. The summed E-state index contributed by atoms with van der Waals surface area (Å²) in [5, 5.41) is 12.1. The molecule has 3 rings (SSSR count). The average Bonchev–Trinajstić information content (AvgIpc) is 3.10. The van der Waals surface area contributed by atoms with Gasteiger partial charge < -0.3 is 14.8 Å². The zero-order valence-corrected chi connectivity index (χ0v) is 16.3. The van der Waals surface area contributed by atoms with Crippen LogP contribution >= 0.6 is 15.9 Å². The molecule has 0 aliphatic carbocycles. The highest BCUT2D eigenvalue weighted by atomic mass is 79.9. The molecule has 1 amide bonds. The minimum atomic E-state index is -0.581. The van der Waals surface area contributed by atoms with Gasteiger partial charge in [0.2, 0.25) is 0 Å². The number of aliphatic imine (C=N–C) groups is 1. The smallest absolute Gasteiger partial charge is 0.408 e. The molecule has 3 N–H and O–H groups in total. The first-order valence-corrected chi connectivity index (χ1v) is 9.16. The van der Waals surface area contributed by atoms with E-state index in [2.05, 4.69) is 31.7 Å². The molecule has 1 heterocycles. The van der Waals surface area contributed by atoms with Crippen LogP contribution < -0.4 is 15.5 Å². The summed E-state index contributed by atoms with van der Waals surface area (Å²) < 4.78 is 11.4. The van der Waals surface area contributed by atoms with Crippen LogP contribution in [-0.2, 0) is 11.3 Å². The van der Waals surface area contributed by atoms with E-state index in [1.807, 2.05) is 36.4 Å². The maximum atomic E-state index is 12.3. The zero-order valence-electron chi connectivity index (χ0n) is 14.7. The van der Waals surface area contributed by atoms with Crippen molar-refractivity contribution in [2.45, 2.75) is 18.6 Å². The summed E-state index contributed by atoms with van der Waals surface area (Å²) >= 11 is 3.41. The molecule has 2 aromatic rings. The molecule has 0 spiro atoms. The number of amidine groups is 1. The summed E-state index contributed by atoms with van der Waals surface area (Å²) in [6.07, 6.45) is -0.581. The van der Waals surface area contributed by atoms with Crippen molar-refractivity contribution in [2.24, 2.45) is 4.99 Å². The Kier molecular flexibility index (Phi) is 6.31. The van der Waals surface area contributed by atoms with Crippen molar-refractivity contribution in [3.05, 3.63) is 64.1 Å². The number of carbonyl (C=O) groups is 1. The summed E-state index contributed by atoms with van der Waals surface area (Å²) in [6, 6.07) is 14.5. The Morgan fingerprint density at radius 1 is 1.22 bits per heavy atom. The topological polar surface area (TPSA) is 92.2 Å². The fraction of sp³-hybridized carbons (Fsp3) is 0.263. The molecule has 0 fully saturated rings. The van der Waals surface area contributed by atoms with Crippen LogP contribution in [0.1, 0.15) is 17.0 Å². The van der Waals surface area contributed by atoms with E-state index in [1.165, 1.54) is 0 Å². The van der Waals surface area contributed by atoms with Gasteiger partial charge in [-0.1, -0.05) is 40.2 Å². The molecule has 7 nitrogen and oxygen atoms in total. The quantitative estimate of drug-likeness (QED) is 0.629. The second kappa shape index (κ2) is 8.88. The Labute approximate surface area is 165 Å². The van der Waals surface area contributed by atoms with E-state index >= 15 is 0 Å². The van der Waals surface area contributed by atoms with E-state index in [4.69, 9.17) is 9.47 Å². The highest BCUT2D eigenvalue weighted by Gasteiger charge is 2.34. The zero-order chi connectivity index (χ0) is 19.2. The van der Waals surface area contributed by atoms with Gasteiger partial charge in [-0.3, -0.25) is 15.7 Å². The number of halogens is 1. The molecule has 1 aliphatic heterocycles. The van der Waals surface area contributed by atoms with E-state index in [-0.39, 0.29) is 12.5 Å². The van der Waals surface area contributed by atoms with Gasteiger partial charge in [-0.15, -0.1) is 0 Å². The number of nitrogens with zero attached hydrogens (tertiary/aromatic N) is 1. The van der Waals surface area contributed by atoms with Crippen molar-refractivity contribution in [3.63, 3.8) is 0 Å². The predicted octanol–water partition coefficient (Wildman–Crippen LogP) is 3.23. The van der Waals surface area contributed by atoms with Gasteiger partial charge in [-0.25, -0.2) is 4.79 Å². The number of ether oxygens (including phenoxy) is 2. The number of rotatable bonds is 5. The van der Waals surface area contributed by atoms with E-state index in [9.17, 15) is 10.0 Å². The lowest BCUT2D eigenvalue weighted by atomic mass is 9.93. The molecular formula is C19H20BrN3O4. The summed E-state index contributed by atoms with van der Waals surface area (Å²) in [4.78, 5) is 16.5. The number of nitrogens with one attached hydrogen (secondary N) is 2. The molecule has 0 unspecified atom stereocenters. The molecule has 0 radical (unpaired) electrons. The predicted molar refractivity (Wildman–Crippen MR) is 104 cm³/mol. The Morgan fingerprint density at radius 3 is 2.56 bits per heavy atom. The number of hydrogen-bond donors (Lipinski definition) is 3. The maximum absolute atomic E-state index is 12.3. The summed E-state index contributed by atoms with van der Waals surface area (Å²) in [5.41, 5.74) is 3.92. The van der Waals surface area contributed by atoms with Crippen LogP contribution in [0, 0.1) is 0 Å². The molecule has 0 saturated carbocycles. The van der Waals surface area contributed by atoms with Crippen molar-refractivity contribution in [3.8, 4) is 5.75 Å². The third-order valence-electron chi connectivity index (χ3n) is 4.37. The highest BCUT2D eigenvalue weighted by molar-refractivity contribution is 9.10. The Balaban J connectivity index is 1.62. The molecule has 0 aromatic heterocycles. The van der Waals surface area contributed by atoms with Gasteiger partial charge in [0, 0.05) is 10.4 Å². The van der Waals surface area contributed by atoms with E-state index in [1.54, 1.807) is 19.2 Å². The van der Waals surface area contributed by atoms with Crippen molar-refractivity contribution in [2.75, 3.05) is 13.7 Å². The van der Waals surface area contributed by atoms with Gasteiger partial charge in [0.1, 0.15) is 24.2 Å². The maximum Gasteiger partial charge on any atom is 0.408 e. The van der Waals surface area contributed by atoms with E-state index < -0.39 is 12.1 Å². The van der Waals surface area contributed by atoms with Crippen LogP contribution in [-0.4, -0.2) is 36.8 Å². The molecular weight excluding hydrogens is 414 g/mol. The summed E-state index contributed by atoms with van der Waals surface area (Å²) in [5.74, 6) is 0.951. The minimum Gasteiger partial charge on any atom is -0.497 e. The summed E-state index contributed by atoms with van der Waals surface area (Å²) in [6.45, 7) is 0.582. The first kappa shape index (κ1) is 19.2. The fourth-order valence-corrected chi connectivity index (χ4v) is 3.18. The molecule has 142 valence electrons. The van der Waals surface area contributed by atoms with E-state index in [0.717, 1.165) is 21.3 Å². The minimum absolute atomic E-state index is 0.0960. The van der Waals surface area contributed by atoms with Crippen LogP contribution in [0.2, 0.25) is 0 Å². The lowest BCUT2D eigenvalue weighted by Crippen LogP contribution is -2.47. The third kappa shape index (κ3) is 4.78. The first-order chi connectivity index (χ1) is 13.1. The lowest BCUT2D eigenvalue weighted by molar-refractivity contribution is 0.136. The first-order valence-electron chi connectivity index (χ1n) is 8.37. The number of benzene rings is 2. The van der Waals surface area contributed by atoms with Crippen molar-refractivity contribution in [1.29, 1.82) is 0 Å². The van der Waals surface area contributed by atoms with E-state index in [0.29, 0.717) is 12.4 Å². The van der Waals surface area contributed by atoms with Crippen LogP contribution in [0.4, 0.5) is 4.79 Å². The van der Waals surface area contributed by atoms with Gasteiger partial charge >= 0.3 is 6.09 Å². The average molecular weight is 434 g/mol. The van der Waals surface area contributed by atoms with Crippen molar-refractivity contribution >= 4 is 27.9 Å². The molecule has 0 saturated heterocycles. The Bertz CT molecular complexity index is 809. The van der Waals surface area contributed by atoms with Gasteiger partial charge in [-0.2, -0.15) is 0 Å². The Morgan fingerprint density at radius 2 is 1.93 bits per heavy atom. The largest absolute Gasteiger partial charge is 0.497 e. The fourth-order valence-electron chi connectivity index (χ4n) is 2.91. The lowest BCUT2D eigenvalue weighted by Gasteiger charge is -2.22. The number of hydrogen-bond acceptors (Lipinski definition) is 6. The normalized spacial score (nSPS) is 18.6. The van der Waals surface area contributed by atoms with Crippen molar-refractivity contribution < 1.29 is 19.5 Å². The molecule has 2 aromatic carbocycles. The standard InChI is InChI=1S/C19H20BrN3O4/c1-26-15-8-2-12(3-9-15)11-27-19(24)22-17-16(10-21-18(17)23-25)13-4-6-14(20)7-5-13/h2-9,16-17,25H,10-11H2,1H3,(H,21,23)(H,22,24)/t16-,17-/m0/s1. The van der Waals surface area contributed by atoms with Gasteiger partial charge in [0.15, 0.2) is 0 Å². The monoisotopic (exact) mass is 433 g/mol.